The number of rotatable bonds is 8. The zero-order valence-electron chi connectivity index (χ0n) is 9.51. The van der Waals surface area contributed by atoms with Crippen molar-refractivity contribution in [3.05, 3.63) is 0 Å². The Hall–Kier alpha value is -0.610. The van der Waals surface area contributed by atoms with Gasteiger partial charge in [-0.25, -0.2) is 0 Å². The van der Waals surface area contributed by atoms with E-state index < -0.39 is 0 Å². The van der Waals surface area contributed by atoms with E-state index in [1.54, 1.807) is 0 Å². The minimum Gasteiger partial charge on any atom is -0.396 e. The van der Waals surface area contributed by atoms with Crippen LogP contribution in [0.4, 0.5) is 0 Å². The smallest absolute Gasteiger partial charge is 0.221 e. The molecule has 0 aromatic rings. The van der Waals surface area contributed by atoms with E-state index >= 15 is 0 Å². The van der Waals surface area contributed by atoms with Crippen LogP contribution in [0.5, 0.6) is 0 Å². The zero-order chi connectivity index (χ0) is 11.1. The van der Waals surface area contributed by atoms with Crippen LogP contribution < -0.4 is 10.6 Å². The van der Waals surface area contributed by atoms with Crippen molar-refractivity contribution in [1.82, 2.24) is 10.6 Å². The molecule has 0 saturated heterocycles. The molecule has 1 rings (SSSR count). The second-order valence-electron chi connectivity index (χ2n) is 4.35. The third kappa shape index (κ3) is 4.62. The zero-order valence-corrected chi connectivity index (χ0v) is 9.51. The average Bonchev–Trinajstić information content (AvgIpc) is 2.97. The molecule has 1 amide bonds. The monoisotopic (exact) mass is 214 g/mol. The van der Waals surface area contributed by atoms with Crippen LogP contribution in [-0.2, 0) is 4.79 Å². The molecule has 4 nitrogen and oxygen atoms in total. The van der Waals surface area contributed by atoms with Gasteiger partial charge in [-0.3, -0.25) is 4.79 Å². The van der Waals surface area contributed by atoms with Crippen LogP contribution in [0.1, 0.15) is 32.6 Å². The van der Waals surface area contributed by atoms with Gasteiger partial charge < -0.3 is 15.7 Å². The SMILES string of the molecule is CCNCCC(=O)NCC1(CCO)CC1. The molecule has 0 aliphatic heterocycles. The fourth-order valence-corrected chi connectivity index (χ4v) is 1.68. The molecule has 4 heteroatoms. The van der Waals surface area contributed by atoms with E-state index in [0.29, 0.717) is 6.42 Å². The van der Waals surface area contributed by atoms with Crippen molar-refractivity contribution in [2.45, 2.75) is 32.6 Å². The summed E-state index contributed by atoms with van der Waals surface area (Å²) in [6.07, 6.45) is 3.64. The molecule has 3 N–H and O–H groups in total. The topological polar surface area (TPSA) is 61.4 Å². The summed E-state index contributed by atoms with van der Waals surface area (Å²) < 4.78 is 0. The molecule has 0 aromatic heterocycles. The molecule has 0 unspecified atom stereocenters. The Morgan fingerprint density at radius 3 is 2.73 bits per heavy atom. The van der Waals surface area contributed by atoms with Crippen LogP contribution in [0.2, 0.25) is 0 Å². The maximum Gasteiger partial charge on any atom is 0.221 e. The largest absolute Gasteiger partial charge is 0.396 e. The molecular formula is C11H22N2O2. The van der Waals surface area contributed by atoms with Crippen molar-refractivity contribution in [3.8, 4) is 0 Å². The summed E-state index contributed by atoms with van der Waals surface area (Å²) in [6.45, 7) is 4.64. The number of carbonyl (C=O) groups excluding carboxylic acids is 1. The summed E-state index contributed by atoms with van der Waals surface area (Å²) in [7, 11) is 0. The van der Waals surface area contributed by atoms with Crippen molar-refractivity contribution >= 4 is 5.91 Å². The van der Waals surface area contributed by atoms with Crippen LogP contribution in [0.15, 0.2) is 0 Å². The third-order valence-corrected chi connectivity index (χ3v) is 3.04. The maximum atomic E-state index is 11.4. The molecule has 0 spiro atoms. The quantitative estimate of drug-likeness (QED) is 0.508. The van der Waals surface area contributed by atoms with Gasteiger partial charge in [-0.05, 0) is 31.2 Å². The second kappa shape index (κ2) is 6.08. The van der Waals surface area contributed by atoms with Gasteiger partial charge in [0.2, 0.25) is 5.91 Å². The molecule has 1 aliphatic carbocycles. The number of amides is 1. The highest BCUT2D eigenvalue weighted by molar-refractivity contribution is 5.76. The highest BCUT2D eigenvalue weighted by atomic mass is 16.3. The predicted molar refractivity (Wildman–Crippen MR) is 59.5 cm³/mol. The molecule has 0 radical (unpaired) electrons. The number of aliphatic hydroxyl groups excluding tert-OH is 1. The minimum atomic E-state index is 0.111. The van der Waals surface area contributed by atoms with Crippen molar-refractivity contribution in [2.75, 3.05) is 26.2 Å². The van der Waals surface area contributed by atoms with Crippen molar-refractivity contribution in [3.63, 3.8) is 0 Å². The van der Waals surface area contributed by atoms with E-state index in [-0.39, 0.29) is 17.9 Å². The van der Waals surface area contributed by atoms with Gasteiger partial charge in [0.05, 0.1) is 0 Å². The summed E-state index contributed by atoms with van der Waals surface area (Å²) in [5.41, 5.74) is 0.225. The Labute approximate surface area is 91.4 Å². The Morgan fingerprint density at radius 2 is 2.20 bits per heavy atom. The fourth-order valence-electron chi connectivity index (χ4n) is 1.68. The van der Waals surface area contributed by atoms with E-state index in [1.165, 1.54) is 0 Å². The number of carbonyl (C=O) groups is 1. The normalized spacial score (nSPS) is 17.5. The standard InChI is InChI=1S/C11H22N2O2/c1-2-12-7-3-10(15)13-9-11(4-5-11)6-8-14/h12,14H,2-9H2,1H3,(H,13,15). The lowest BCUT2D eigenvalue weighted by molar-refractivity contribution is -0.121. The van der Waals surface area contributed by atoms with Gasteiger partial charge in [0.15, 0.2) is 0 Å². The maximum absolute atomic E-state index is 11.4. The van der Waals surface area contributed by atoms with Gasteiger partial charge in [-0.2, -0.15) is 0 Å². The summed E-state index contributed by atoms with van der Waals surface area (Å²) >= 11 is 0. The van der Waals surface area contributed by atoms with Crippen molar-refractivity contribution in [2.24, 2.45) is 5.41 Å². The summed E-state index contributed by atoms with van der Waals surface area (Å²) in [4.78, 5) is 11.4. The Kier molecular flexibility index (Phi) is 5.05. The van der Waals surface area contributed by atoms with Crippen LogP contribution in [0, 0.1) is 5.41 Å². The summed E-state index contributed by atoms with van der Waals surface area (Å²) in [5, 5.41) is 14.9. The average molecular weight is 214 g/mol. The summed E-state index contributed by atoms with van der Waals surface area (Å²) in [6, 6.07) is 0. The predicted octanol–water partition coefficient (Wildman–Crippen LogP) is 0.265. The van der Waals surface area contributed by atoms with Gasteiger partial charge in [0, 0.05) is 26.1 Å². The van der Waals surface area contributed by atoms with Gasteiger partial charge in [0.1, 0.15) is 0 Å². The van der Waals surface area contributed by atoms with Crippen LogP contribution >= 0.6 is 0 Å². The highest BCUT2D eigenvalue weighted by Crippen LogP contribution is 2.47. The van der Waals surface area contributed by atoms with E-state index in [2.05, 4.69) is 10.6 Å². The molecule has 1 saturated carbocycles. The van der Waals surface area contributed by atoms with Crippen LogP contribution in [-0.4, -0.2) is 37.3 Å². The first kappa shape index (κ1) is 12.5. The van der Waals surface area contributed by atoms with Gasteiger partial charge in [-0.1, -0.05) is 6.92 Å². The molecule has 0 atom stereocenters. The lowest BCUT2D eigenvalue weighted by Crippen LogP contribution is -2.32. The molecule has 15 heavy (non-hydrogen) atoms. The van der Waals surface area contributed by atoms with Crippen molar-refractivity contribution in [1.29, 1.82) is 0 Å². The number of hydrogen-bond donors (Lipinski definition) is 3. The van der Waals surface area contributed by atoms with Gasteiger partial charge in [-0.15, -0.1) is 0 Å². The fraction of sp³-hybridized carbons (Fsp3) is 0.909. The van der Waals surface area contributed by atoms with Gasteiger partial charge in [0.25, 0.3) is 0 Å². The Bertz CT molecular complexity index is 203. The third-order valence-electron chi connectivity index (χ3n) is 3.04. The minimum absolute atomic E-state index is 0.111. The lowest BCUT2D eigenvalue weighted by atomic mass is 10.0. The van der Waals surface area contributed by atoms with E-state index in [0.717, 1.165) is 38.9 Å². The first-order chi connectivity index (χ1) is 7.22. The Balaban J connectivity index is 2.06. The number of aliphatic hydroxyl groups is 1. The summed E-state index contributed by atoms with van der Waals surface area (Å²) in [5.74, 6) is 0.111. The number of nitrogens with one attached hydrogen (secondary N) is 2. The van der Waals surface area contributed by atoms with E-state index in [9.17, 15) is 4.79 Å². The van der Waals surface area contributed by atoms with Crippen LogP contribution in [0.3, 0.4) is 0 Å². The highest BCUT2D eigenvalue weighted by Gasteiger charge is 2.41. The first-order valence-corrected chi connectivity index (χ1v) is 5.81. The number of hydrogen-bond acceptors (Lipinski definition) is 3. The van der Waals surface area contributed by atoms with Crippen molar-refractivity contribution < 1.29 is 9.90 Å². The molecule has 0 heterocycles. The van der Waals surface area contributed by atoms with E-state index in [4.69, 9.17) is 5.11 Å². The molecular weight excluding hydrogens is 192 g/mol. The molecule has 1 aliphatic rings. The van der Waals surface area contributed by atoms with Crippen LogP contribution in [0.25, 0.3) is 0 Å². The first-order valence-electron chi connectivity index (χ1n) is 5.81. The van der Waals surface area contributed by atoms with Gasteiger partial charge >= 0.3 is 0 Å². The molecule has 88 valence electrons. The molecule has 1 fully saturated rings. The Morgan fingerprint density at radius 1 is 1.47 bits per heavy atom. The lowest BCUT2D eigenvalue weighted by Gasteiger charge is -2.14. The molecule has 0 bridgehead atoms. The second-order valence-corrected chi connectivity index (χ2v) is 4.35. The van der Waals surface area contributed by atoms with E-state index in [1.807, 2.05) is 6.92 Å². The molecule has 0 aromatic carbocycles.